The van der Waals surface area contributed by atoms with E-state index in [1.54, 1.807) is 18.2 Å². The molecule has 1 aromatic carbocycles. The minimum absolute atomic E-state index is 0.0510. The van der Waals surface area contributed by atoms with Gasteiger partial charge >= 0.3 is 0 Å². The number of amidine groups is 1. The molecule has 8 heteroatoms. The number of carbonyl (C=O) groups is 1. The number of nitrogens with one attached hydrogen (secondary N) is 2. The maximum absolute atomic E-state index is 12.6. The molecule has 1 aromatic rings. The number of ether oxygens (including phenoxy) is 1. The monoisotopic (exact) mass is 365 g/mol. The fraction of sp³-hybridized carbons (Fsp3) is 0.529. The zero-order valence-electron chi connectivity index (χ0n) is 14.4. The maximum atomic E-state index is 12.6. The number of hydrogen-bond acceptors (Lipinski definition) is 5. The van der Waals surface area contributed by atoms with Crippen LogP contribution >= 0.6 is 0 Å². The van der Waals surface area contributed by atoms with Crippen molar-refractivity contribution < 1.29 is 17.9 Å². The van der Waals surface area contributed by atoms with Gasteiger partial charge in [-0.15, -0.1) is 0 Å². The van der Waals surface area contributed by atoms with Gasteiger partial charge < -0.3 is 10.1 Å². The molecule has 2 heterocycles. The Balaban J connectivity index is 1.79. The largest absolute Gasteiger partial charge is 0.376 e. The van der Waals surface area contributed by atoms with E-state index in [1.165, 1.54) is 6.07 Å². The summed E-state index contributed by atoms with van der Waals surface area (Å²) < 4.78 is 32.3. The average Bonchev–Trinajstić information content (AvgIpc) is 3.17. The van der Waals surface area contributed by atoms with Crippen molar-refractivity contribution in [1.82, 2.24) is 10.0 Å². The summed E-state index contributed by atoms with van der Waals surface area (Å²) in [6.07, 6.45) is 2.00. The number of rotatable bonds is 5. The molecule has 1 fully saturated rings. The third kappa shape index (κ3) is 3.85. The van der Waals surface area contributed by atoms with Crippen LogP contribution < -0.4 is 10.0 Å². The number of fused-ring (bicyclic) bond motifs is 1. The molecule has 0 saturated carbocycles. The summed E-state index contributed by atoms with van der Waals surface area (Å²) in [6.45, 7) is 4.95. The van der Waals surface area contributed by atoms with E-state index >= 15 is 0 Å². The lowest BCUT2D eigenvalue weighted by molar-refractivity contribution is -0.123. The van der Waals surface area contributed by atoms with Crippen molar-refractivity contribution in [2.24, 2.45) is 10.9 Å². The van der Waals surface area contributed by atoms with Gasteiger partial charge in [0, 0.05) is 18.7 Å². The Hall–Kier alpha value is -1.93. The van der Waals surface area contributed by atoms with Gasteiger partial charge in [-0.2, -0.15) is 0 Å². The first-order chi connectivity index (χ1) is 11.9. The van der Waals surface area contributed by atoms with Gasteiger partial charge in [0.25, 0.3) is 10.0 Å². The lowest BCUT2D eigenvalue weighted by atomic mass is 10.0. The molecule has 3 rings (SSSR count). The highest BCUT2D eigenvalue weighted by Crippen LogP contribution is 2.23. The summed E-state index contributed by atoms with van der Waals surface area (Å²) in [5.74, 6) is -0.0718. The smallest absolute Gasteiger partial charge is 0.263 e. The molecular weight excluding hydrogens is 342 g/mol. The Morgan fingerprint density at radius 1 is 1.40 bits per heavy atom. The molecule has 2 atom stereocenters. The van der Waals surface area contributed by atoms with E-state index < -0.39 is 16.1 Å². The van der Waals surface area contributed by atoms with Crippen LogP contribution in [0.2, 0.25) is 0 Å². The van der Waals surface area contributed by atoms with Crippen molar-refractivity contribution >= 4 is 21.8 Å². The Morgan fingerprint density at radius 3 is 2.84 bits per heavy atom. The van der Waals surface area contributed by atoms with E-state index in [4.69, 9.17) is 4.74 Å². The zero-order chi connectivity index (χ0) is 18.0. The molecule has 25 heavy (non-hydrogen) atoms. The highest BCUT2D eigenvalue weighted by atomic mass is 32.2. The summed E-state index contributed by atoms with van der Waals surface area (Å²) in [6, 6.07) is 5.95. The van der Waals surface area contributed by atoms with Crippen LogP contribution in [0.15, 0.2) is 34.2 Å². The Morgan fingerprint density at radius 2 is 2.16 bits per heavy atom. The Bertz CT molecular complexity index is 783. The predicted molar refractivity (Wildman–Crippen MR) is 93.9 cm³/mol. The van der Waals surface area contributed by atoms with Crippen molar-refractivity contribution in [2.75, 3.05) is 13.2 Å². The fourth-order valence-corrected chi connectivity index (χ4v) is 4.24. The van der Waals surface area contributed by atoms with Crippen LogP contribution in [0.5, 0.6) is 0 Å². The molecule has 1 amide bonds. The van der Waals surface area contributed by atoms with Gasteiger partial charge in [-0.05, 0) is 30.9 Å². The first-order valence-electron chi connectivity index (χ1n) is 8.48. The molecule has 0 aliphatic carbocycles. The lowest BCUT2D eigenvalue weighted by Crippen LogP contribution is -2.41. The number of benzene rings is 1. The predicted octanol–water partition coefficient (Wildman–Crippen LogP) is 1.04. The number of amides is 1. The van der Waals surface area contributed by atoms with E-state index in [1.807, 2.05) is 13.8 Å². The van der Waals surface area contributed by atoms with Gasteiger partial charge in [-0.25, -0.2) is 8.42 Å². The lowest BCUT2D eigenvalue weighted by Gasteiger charge is -2.18. The van der Waals surface area contributed by atoms with Crippen LogP contribution in [-0.2, 0) is 19.6 Å². The Labute approximate surface area is 147 Å². The van der Waals surface area contributed by atoms with Crippen molar-refractivity contribution in [3.8, 4) is 0 Å². The molecule has 1 unspecified atom stereocenters. The summed E-state index contributed by atoms with van der Waals surface area (Å²) in [5.41, 5.74) is 0.500. The maximum Gasteiger partial charge on any atom is 0.263 e. The molecule has 0 radical (unpaired) electrons. The van der Waals surface area contributed by atoms with Crippen molar-refractivity contribution in [3.63, 3.8) is 0 Å². The summed E-state index contributed by atoms with van der Waals surface area (Å²) >= 11 is 0. The molecule has 0 bridgehead atoms. The number of carbonyl (C=O) groups excluding carboxylic acids is 1. The molecule has 2 N–H and O–H groups in total. The van der Waals surface area contributed by atoms with Crippen LogP contribution in [-0.4, -0.2) is 45.5 Å². The zero-order valence-corrected chi connectivity index (χ0v) is 15.2. The van der Waals surface area contributed by atoms with Gasteiger partial charge in [-0.1, -0.05) is 26.0 Å². The average molecular weight is 365 g/mol. The summed E-state index contributed by atoms with van der Waals surface area (Å²) in [4.78, 5) is 17.2. The van der Waals surface area contributed by atoms with Crippen LogP contribution in [0.1, 0.15) is 32.3 Å². The molecule has 0 spiro atoms. The van der Waals surface area contributed by atoms with E-state index in [-0.39, 0.29) is 28.7 Å². The second kappa shape index (κ2) is 7.13. The van der Waals surface area contributed by atoms with E-state index in [9.17, 15) is 13.2 Å². The second-order valence-corrected chi connectivity index (χ2v) is 8.30. The second-order valence-electron chi connectivity index (χ2n) is 6.65. The highest BCUT2D eigenvalue weighted by molar-refractivity contribution is 7.90. The van der Waals surface area contributed by atoms with E-state index in [2.05, 4.69) is 15.0 Å². The van der Waals surface area contributed by atoms with Crippen LogP contribution in [0.4, 0.5) is 0 Å². The molecule has 2 aliphatic heterocycles. The first-order valence-corrected chi connectivity index (χ1v) is 9.96. The van der Waals surface area contributed by atoms with E-state index in [0.717, 1.165) is 19.4 Å². The number of sulfonamides is 1. The molecule has 2 aliphatic rings. The van der Waals surface area contributed by atoms with Crippen molar-refractivity contribution in [2.45, 2.75) is 43.7 Å². The SMILES string of the molecule is CC(C)[C@H](N=C1NS(=O)(=O)c2ccccc21)C(=O)NCC1CCCO1. The Kier molecular flexibility index (Phi) is 5.10. The van der Waals surface area contributed by atoms with Crippen molar-refractivity contribution in [1.29, 1.82) is 0 Å². The molecule has 7 nitrogen and oxygen atoms in total. The van der Waals surface area contributed by atoms with Gasteiger partial charge in [0.15, 0.2) is 0 Å². The normalized spacial score (nSPS) is 24.1. The van der Waals surface area contributed by atoms with Crippen molar-refractivity contribution in [3.05, 3.63) is 29.8 Å². The van der Waals surface area contributed by atoms with Crippen LogP contribution in [0, 0.1) is 5.92 Å². The quantitative estimate of drug-likeness (QED) is 0.815. The van der Waals surface area contributed by atoms with E-state index in [0.29, 0.717) is 12.1 Å². The highest BCUT2D eigenvalue weighted by Gasteiger charge is 2.32. The number of nitrogens with zero attached hydrogens (tertiary/aromatic N) is 1. The third-order valence-corrected chi connectivity index (χ3v) is 5.76. The number of hydrogen-bond donors (Lipinski definition) is 2. The minimum atomic E-state index is -3.61. The topological polar surface area (TPSA) is 96.9 Å². The van der Waals surface area contributed by atoms with Crippen LogP contribution in [0.25, 0.3) is 0 Å². The summed E-state index contributed by atoms with van der Waals surface area (Å²) in [5, 5.41) is 2.88. The van der Waals surface area contributed by atoms with Gasteiger partial charge in [0.2, 0.25) is 5.91 Å². The standard InChI is InChI=1S/C17H23N3O4S/c1-11(2)15(17(21)18-10-12-6-5-9-24-12)19-16-13-7-3-4-8-14(13)25(22,23)20-16/h3-4,7-8,11-12,15H,5-6,9-10H2,1-2H3,(H,18,21)(H,19,20)/t12?,15-/m0/s1. The minimum Gasteiger partial charge on any atom is -0.376 e. The molecule has 1 saturated heterocycles. The number of aliphatic imine (C=N–C) groups is 1. The fourth-order valence-electron chi connectivity index (χ4n) is 3.00. The van der Waals surface area contributed by atoms with Gasteiger partial charge in [0.1, 0.15) is 11.9 Å². The molecular formula is C17H23N3O4S. The van der Waals surface area contributed by atoms with Gasteiger partial charge in [-0.3, -0.25) is 14.5 Å². The molecule has 0 aromatic heterocycles. The van der Waals surface area contributed by atoms with Gasteiger partial charge in [0.05, 0.1) is 11.0 Å². The third-order valence-electron chi connectivity index (χ3n) is 4.36. The first kappa shape index (κ1) is 17.9. The summed E-state index contributed by atoms with van der Waals surface area (Å²) in [7, 11) is -3.61. The van der Waals surface area contributed by atoms with Crippen LogP contribution in [0.3, 0.4) is 0 Å². The molecule has 136 valence electrons.